The monoisotopic (exact) mass is 237 g/mol. The van der Waals surface area contributed by atoms with E-state index in [1.807, 2.05) is 0 Å². The summed E-state index contributed by atoms with van der Waals surface area (Å²) in [4.78, 5) is 25.5. The van der Waals surface area contributed by atoms with Gasteiger partial charge in [-0.05, 0) is 13.8 Å². The summed E-state index contributed by atoms with van der Waals surface area (Å²) in [5.74, 6) is -0.230. The summed E-state index contributed by atoms with van der Waals surface area (Å²) in [6.45, 7) is 4.32. The summed E-state index contributed by atoms with van der Waals surface area (Å²) in [7, 11) is 0. The molecule has 0 spiro atoms. The molecule has 17 heavy (non-hydrogen) atoms. The summed E-state index contributed by atoms with van der Waals surface area (Å²) in [5, 5.41) is 8.94. The third-order valence-electron chi connectivity index (χ3n) is 3.00. The highest BCUT2D eigenvalue weighted by Gasteiger charge is 2.41. The van der Waals surface area contributed by atoms with Crippen molar-refractivity contribution in [3.8, 4) is 0 Å². The van der Waals surface area contributed by atoms with Crippen LogP contribution in [0.4, 0.5) is 5.82 Å². The summed E-state index contributed by atoms with van der Waals surface area (Å²) < 4.78 is 0. The van der Waals surface area contributed by atoms with E-state index in [-0.39, 0.29) is 17.6 Å². The third-order valence-corrected chi connectivity index (χ3v) is 3.00. The molecule has 0 aromatic carbocycles. The van der Waals surface area contributed by atoms with Crippen molar-refractivity contribution >= 4 is 17.6 Å². The van der Waals surface area contributed by atoms with Crippen LogP contribution in [0, 0.1) is 0 Å². The number of nitrogens with zero attached hydrogens (tertiary/aromatic N) is 2. The maximum Gasteiger partial charge on any atom is 0.260 e. The van der Waals surface area contributed by atoms with Crippen molar-refractivity contribution in [1.29, 1.82) is 0 Å². The number of piperazine rings is 1. The number of aromatic nitrogens is 2. The van der Waals surface area contributed by atoms with Gasteiger partial charge in [0.2, 0.25) is 5.91 Å². The van der Waals surface area contributed by atoms with Crippen molar-refractivity contribution in [2.75, 3.05) is 18.8 Å². The molecule has 1 aliphatic rings. The Bertz CT molecular complexity index is 465. The van der Waals surface area contributed by atoms with Crippen molar-refractivity contribution in [2.45, 2.75) is 19.4 Å². The first-order chi connectivity index (χ1) is 7.94. The smallest absolute Gasteiger partial charge is 0.260 e. The first-order valence-electron chi connectivity index (χ1n) is 5.33. The van der Waals surface area contributed by atoms with Gasteiger partial charge in [-0.15, -0.1) is 0 Å². The van der Waals surface area contributed by atoms with Crippen molar-refractivity contribution in [2.24, 2.45) is 0 Å². The highest BCUT2D eigenvalue weighted by molar-refractivity contribution is 6.02. The van der Waals surface area contributed by atoms with Gasteiger partial charge in [0.05, 0.1) is 6.20 Å². The largest absolute Gasteiger partial charge is 0.383 e. The second-order valence-electron chi connectivity index (χ2n) is 4.47. The normalized spacial score (nSPS) is 18.9. The zero-order chi connectivity index (χ0) is 12.6. The summed E-state index contributed by atoms with van der Waals surface area (Å²) in [5.41, 5.74) is 5.03. The minimum Gasteiger partial charge on any atom is -0.383 e. The van der Waals surface area contributed by atoms with Crippen LogP contribution in [0.1, 0.15) is 24.2 Å². The van der Waals surface area contributed by atoms with Gasteiger partial charge in [-0.2, -0.15) is 5.10 Å². The lowest BCUT2D eigenvalue weighted by atomic mass is 9.98. The van der Waals surface area contributed by atoms with Crippen LogP contribution >= 0.6 is 0 Å². The highest BCUT2D eigenvalue weighted by atomic mass is 16.2. The maximum absolute atomic E-state index is 12.2. The minimum absolute atomic E-state index is 0.167. The molecule has 2 amide bonds. The standard InChI is InChI=1S/C10H15N5O2/c1-10(2)9(17)12-3-4-15(10)8(16)6-5-13-14-7(6)11/h5H,3-4H2,1-2H3,(H,12,17)(H3,11,13,14). The Kier molecular flexibility index (Phi) is 2.53. The summed E-state index contributed by atoms with van der Waals surface area (Å²) >= 11 is 0. The zero-order valence-electron chi connectivity index (χ0n) is 9.78. The molecular formula is C10H15N5O2. The second-order valence-corrected chi connectivity index (χ2v) is 4.47. The summed E-state index contributed by atoms with van der Waals surface area (Å²) in [6, 6.07) is 0. The Hall–Kier alpha value is -2.05. The van der Waals surface area contributed by atoms with Gasteiger partial charge in [0.15, 0.2) is 0 Å². The fourth-order valence-electron chi connectivity index (χ4n) is 1.87. The van der Waals surface area contributed by atoms with Crippen LogP contribution in [-0.4, -0.2) is 45.5 Å². The fourth-order valence-corrected chi connectivity index (χ4v) is 1.87. The number of anilines is 1. The number of nitrogen functional groups attached to an aromatic ring is 1. The topological polar surface area (TPSA) is 104 Å². The Balaban J connectivity index is 2.31. The fraction of sp³-hybridized carbons (Fsp3) is 0.500. The Morgan fingerprint density at radius 1 is 1.59 bits per heavy atom. The molecule has 0 aliphatic carbocycles. The van der Waals surface area contributed by atoms with Gasteiger partial charge in [-0.3, -0.25) is 14.7 Å². The molecule has 0 radical (unpaired) electrons. The molecule has 0 atom stereocenters. The van der Waals surface area contributed by atoms with Gasteiger partial charge in [0.25, 0.3) is 5.91 Å². The molecule has 2 rings (SSSR count). The van der Waals surface area contributed by atoms with Gasteiger partial charge in [-0.1, -0.05) is 0 Å². The van der Waals surface area contributed by atoms with Gasteiger partial charge in [0, 0.05) is 13.1 Å². The quantitative estimate of drug-likeness (QED) is 0.603. The van der Waals surface area contributed by atoms with Gasteiger partial charge in [0.1, 0.15) is 16.9 Å². The molecule has 7 nitrogen and oxygen atoms in total. The van der Waals surface area contributed by atoms with Crippen LogP contribution in [-0.2, 0) is 4.79 Å². The average Bonchev–Trinajstić information content (AvgIpc) is 2.68. The van der Waals surface area contributed by atoms with Crippen molar-refractivity contribution in [3.05, 3.63) is 11.8 Å². The molecule has 7 heteroatoms. The van der Waals surface area contributed by atoms with Crippen LogP contribution < -0.4 is 11.1 Å². The molecule has 1 aliphatic heterocycles. The molecule has 1 saturated heterocycles. The highest BCUT2D eigenvalue weighted by Crippen LogP contribution is 2.21. The molecular weight excluding hydrogens is 222 g/mol. The number of nitrogens with one attached hydrogen (secondary N) is 2. The van der Waals surface area contributed by atoms with Crippen LogP contribution in [0.25, 0.3) is 0 Å². The first-order valence-corrected chi connectivity index (χ1v) is 5.33. The van der Waals surface area contributed by atoms with Crippen LogP contribution in [0.15, 0.2) is 6.20 Å². The van der Waals surface area contributed by atoms with E-state index >= 15 is 0 Å². The molecule has 1 fully saturated rings. The molecule has 0 bridgehead atoms. The molecule has 1 aromatic heterocycles. The third kappa shape index (κ3) is 1.73. The van der Waals surface area contributed by atoms with Crippen molar-refractivity contribution < 1.29 is 9.59 Å². The molecule has 2 heterocycles. The van der Waals surface area contributed by atoms with E-state index in [9.17, 15) is 9.59 Å². The number of rotatable bonds is 1. The molecule has 92 valence electrons. The number of H-pyrrole nitrogens is 1. The van der Waals surface area contributed by atoms with Crippen molar-refractivity contribution in [3.63, 3.8) is 0 Å². The SMILES string of the molecule is CC1(C)C(=O)NCCN1C(=O)c1cn[nH]c1N. The number of aromatic amines is 1. The average molecular weight is 237 g/mol. The predicted molar refractivity (Wildman–Crippen MR) is 61.1 cm³/mol. The van der Waals surface area contributed by atoms with E-state index in [0.717, 1.165) is 0 Å². The van der Waals surface area contributed by atoms with E-state index < -0.39 is 5.54 Å². The lowest BCUT2D eigenvalue weighted by Crippen LogP contribution is -2.63. The number of hydrogen-bond acceptors (Lipinski definition) is 4. The van der Waals surface area contributed by atoms with Crippen LogP contribution in [0.3, 0.4) is 0 Å². The molecule has 0 saturated carbocycles. The number of amides is 2. The minimum atomic E-state index is -0.876. The zero-order valence-corrected chi connectivity index (χ0v) is 9.78. The number of hydrogen-bond donors (Lipinski definition) is 3. The Morgan fingerprint density at radius 3 is 2.88 bits per heavy atom. The number of nitrogens with two attached hydrogens (primary N) is 1. The maximum atomic E-state index is 12.2. The first kappa shape index (κ1) is 11.4. The lowest BCUT2D eigenvalue weighted by Gasteiger charge is -2.41. The van der Waals surface area contributed by atoms with E-state index in [2.05, 4.69) is 15.5 Å². The van der Waals surface area contributed by atoms with Gasteiger partial charge in [-0.25, -0.2) is 0 Å². The second kappa shape index (κ2) is 3.76. The Labute approximate surface area is 98.4 Å². The molecule has 1 aromatic rings. The predicted octanol–water partition coefficient (Wildman–Crippen LogP) is -0.657. The number of carbonyl (C=O) groups is 2. The Morgan fingerprint density at radius 2 is 2.29 bits per heavy atom. The van der Waals surface area contributed by atoms with Gasteiger partial charge >= 0.3 is 0 Å². The van der Waals surface area contributed by atoms with Crippen LogP contribution in [0.2, 0.25) is 0 Å². The molecule has 4 N–H and O–H groups in total. The summed E-state index contributed by atoms with van der Waals surface area (Å²) in [6.07, 6.45) is 1.38. The van der Waals surface area contributed by atoms with E-state index in [1.54, 1.807) is 13.8 Å². The van der Waals surface area contributed by atoms with Gasteiger partial charge < -0.3 is 16.0 Å². The van der Waals surface area contributed by atoms with Crippen LogP contribution in [0.5, 0.6) is 0 Å². The van der Waals surface area contributed by atoms with E-state index in [4.69, 9.17) is 5.73 Å². The molecule has 0 unspecified atom stereocenters. The number of carbonyl (C=O) groups excluding carboxylic acids is 2. The van der Waals surface area contributed by atoms with Crippen molar-refractivity contribution in [1.82, 2.24) is 20.4 Å². The van der Waals surface area contributed by atoms with E-state index in [1.165, 1.54) is 11.1 Å². The van der Waals surface area contributed by atoms with E-state index in [0.29, 0.717) is 18.7 Å². The lowest BCUT2D eigenvalue weighted by molar-refractivity contribution is -0.133.